The second-order valence-electron chi connectivity index (χ2n) is 10.1. The number of nitrogens with zero attached hydrogens (tertiary/aromatic N) is 1. The van der Waals surface area contributed by atoms with E-state index in [1.54, 1.807) is 0 Å². The van der Waals surface area contributed by atoms with Crippen molar-refractivity contribution in [1.82, 2.24) is 15.5 Å². The van der Waals surface area contributed by atoms with Crippen LogP contribution in [0, 0.1) is 17.8 Å². The topological polar surface area (TPSA) is 64.6 Å². The van der Waals surface area contributed by atoms with E-state index < -0.39 is 5.60 Å². The van der Waals surface area contributed by atoms with Crippen LogP contribution in [0.4, 0.5) is 4.79 Å². The quantitative estimate of drug-likeness (QED) is 0.731. The number of aliphatic hydroxyl groups is 1. The van der Waals surface area contributed by atoms with Crippen molar-refractivity contribution in [3.8, 4) is 0 Å². The van der Waals surface area contributed by atoms with Gasteiger partial charge < -0.3 is 20.6 Å². The molecular weight excluding hydrogens is 314 g/mol. The molecule has 5 saturated carbocycles. The van der Waals surface area contributed by atoms with Gasteiger partial charge in [0.05, 0.1) is 5.60 Å². The maximum atomic E-state index is 12.7. The summed E-state index contributed by atoms with van der Waals surface area (Å²) in [6, 6.07) is 0.318. The van der Waals surface area contributed by atoms with Crippen molar-refractivity contribution in [2.24, 2.45) is 17.8 Å². The molecule has 0 aromatic heterocycles. The Hall–Kier alpha value is -0.810. The fourth-order valence-corrected chi connectivity index (χ4v) is 6.75. The Morgan fingerprint density at radius 2 is 1.72 bits per heavy atom. The van der Waals surface area contributed by atoms with Gasteiger partial charge in [0.25, 0.3) is 0 Å². The Morgan fingerprint density at radius 3 is 2.32 bits per heavy atom. The maximum Gasteiger partial charge on any atom is 0.315 e. The molecule has 6 rings (SSSR count). The molecule has 1 aliphatic heterocycles. The third-order valence-corrected chi connectivity index (χ3v) is 7.55. The molecule has 1 heterocycles. The van der Waals surface area contributed by atoms with Crippen LogP contribution < -0.4 is 10.6 Å². The van der Waals surface area contributed by atoms with Gasteiger partial charge >= 0.3 is 6.03 Å². The molecule has 6 aliphatic rings. The van der Waals surface area contributed by atoms with Crippen molar-refractivity contribution in [2.75, 3.05) is 19.6 Å². The van der Waals surface area contributed by atoms with Crippen LogP contribution in [-0.4, -0.2) is 52.9 Å². The average Bonchev–Trinajstić information content (AvgIpc) is 3.30. The van der Waals surface area contributed by atoms with Gasteiger partial charge in [-0.3, -0.25) is 0 Å². The molecule has 4 bridgehead atoms. The van der Waals surface area contributed by atoms with Gasteiger partial charge in [-0.05, 0) is 82.0 Å². The molecule has 0 aromatic carbocycles. The Balaban J connectivity index is 1.13. The van der Waals surface area contributed by atoms with Crippen molar-refractivity contribution < 1.29 is 9.90 Å². The van der Waals surface area contributed by atoms with Crippen molar-refractivity contribution >= 4 is 6.03 Å². The van der Waals surface area contributed by atoms with E-state index in [1.165, 1.54) is 25.8 Å². The third kappa shape index (κ3) is 3.42. The Morgan fingerprint density at radius 1 is 1.04 bits per heavy atom. The first-order valence-corrected chi connectivity index (χ1v) is 10.5. The lowest BCUT2D eigenvalue weighted by atomic mass is 9.51. The van der Waals surface area contributed by atoms with Crippen LogP contribution in [0.15, 0.2) is 0 Å². The smallest absolute Gasteiger partial charge is 0.315 e. The number of carbonyl (C=O) groups is 1. The molecule has 5 heteroatoms. The molecule has 0 aromatic rings. The lowest BCUT2D eigenvalue weighted by Gasteiger charge is -2.60. The summed E-state index contributed by atoms with van der Waals surface area (Å²) in [6.45, 7) is 3.51. The van der Waals surface area contributed by atoms with E-state index in [-0.39, 0.29) is 11.6 Å². The Bertz CT molecular complexity index is 525. The summed E-state index contributed by atoms with van der Waals surface area (Å²) >= 11 is 0. The van der Waals surface area contributed by atoms with Crippen LogP contribution in [0.25, 0.3) is 0 Å². The summed E-state index contributed by atoms with van der Waals surface area (Å²) < 4.78 is 0. The van der Waals surface area contributed by atoms with Crippen LogP contribution in [0.5, 0.6) is 0 Å². The fourth-order valence-electron chi connectivity index (χ4n) is 6.75. The van der Waals surface area contributed by atoms with Crippen molar-refractivity contribution in [3.05, 3.63) is 0 Å². The number of piperidine rings is 1. The zero-order chi connectivity index (χ0) is 17.1. The van der Waals surface area contributed by atoms with Gasteiger partial charge in [-0.25, -0.2) is 4.79 Å². The van der Waals surface area contributed by atoms with Gasteiger partial charge in [0.2, 0.25) is 0 Å². The van der Waals surface area contributed by atoms with E-state index in [0.29, 0.717) is 17.9 Å². The lowest BCUT2D eigenvalue weighted by Crippen LogP contribution is -2.67. The number of hydrogen-bond donors (Lipinski definition) is 3. The van der Waals surface area contributed by atoms with Crippen LogP contribution in [0.3, 0.4) is 0 Å². The number of carbonyl (C=O) groups excluding carboxylic acids is 1. The molecule has 140 valence electrons. The Labute approximate surface area is 150 Å². The van der Waals surface area contributed by atoms with Gasteiger partial charge in [-0.15, -0.1) is 0 Å². The number of amides is 2. The molecule has 6 fully saturated rings. The molecule has 0 spiro atoms. The molecular formula is C20H33N3O2. The van der Waals surface area contributed by atoms with E-state index in [9.17, 15) is 9.90 Å². The van der Waals surface area contributed by atoms with Crippen molar-refractivity contribution in [2.45, 2.75) is 81.4 Å². The number of likely N-dealkylation sites (tertiary alicyclic amines) is 1. The maximum absolute atomic E-state index is 12.7. The van der Waals surface area contributed by atoms with E-state index in [0.717, 1.165) is 64.0 Å². The Kier molecular flexibility index (Phi) is 3.83. The molecule has 1 saturated heterocycles. The normalized spacial score (nSPS) is 44.0. The fraction of sp³-hybridized carbons (Fsp3) is 0.950. The zero-order valence-corrected chi connectivity index (χ0v) is 15.3. The van der Waals surface area contributed by atoms with Gasteiger partial charge in [0, 0.05) is 31.2 Å². The van der Waals surface area contributed by atoms with E-state index in [4.69, 9.17) is 0 Å². The summed E-state index contributed by atoms with van der Waals surface area (Å²) in [5.41, 5.74) is -0.652. The highest BCUT2D eigenvalue weighted by Crippen LogP contribution is 2.57. The summed E-state index contributed by atoms with van der Waals surface area (Å²) in [4.78, 5) is 15.2. The molecule has 3 N–H and O–H groups in total. The largest absolute Gasteiger partial charge is 0.390 e. The van der Waals surface area contributed by atoms with E-state index in [2.05, 4.69) is 15.5 Å². The summed E-state index contributed by atoms with van der Waals surface area (Å²) in [7, 11) is 0. The van der Waals surface area contributed by atoms with E-state index in [1.807, 2.05) is 0 Å². The molecule has 2 unspecified atom stereocenters. The first-order valence-electron chi connectivity index (χ1n) is 10.5. The summed E-state index contributed by atoms with van der Waals surface area (Å²) in [5.74, 6) is 2.17. The van der Waals surface area contributed by atoms with Crippen LogP contribution in [-0.2, 0) is 0 Å². The standard InChI is InChI=1S/C20H33N3O2/c24-18(21-17-3-5-23(6-4-17)12-14-1-2-14)22-19-8-15-7-16(9-19)11-20(25,10-15)13-19/h14-17,25H,1-13H2,(H2,21,22,24). The minimum Gasteiger partial charge on any atom is -0.390 e. The minimum atomic E-state index is -0.508. The molecule has 5 nitrogen and oxygen atoms in total. The minimum absolute atomic E-state index is 0.00573. The second-order valence-corrected chi connectivity index (χ2v) is 10.1. The first-order chi connectivity index (χ1) is 12.0. The van der Waals surface area contributed by atoms with Crippen molar-refractivity contribution in [3.63, 3.8) is 0 Å². The number of hydrogen-bond acceptors (Lipinski definition) is 3. The average molecular weight is 348 g/mol. The number of urea groups is 1. The SMILES string of the molecule is O=C(NC1CCN(CC2CC2)CC1)NC12CC3CC(CC(O)(C3)C1)C2. The lowest BCUT2D eigenvalue weighted by molar-refractivity contribution is -0.139. The van der Waals surface area contributed by atoms with Gasteiger partial charge in [0.15, 0.2) is 0 Å². The highest BCUT2D eigenvalue weighted by atomic mass is 16.3. The van der Waals surface area contributed by atoms with Gasteiger partial charge in [-0.2, -0.15) is 0 Å². The molecule has 25 heavy (non-hydrogen) atoms. The highest BCUT2D eigenvalue weighted by molar-refractivity contribution is 5.75. The van der Waals surface area contributed by atoms with Crippen LogP contribution >= 0.6 is 0 Å². The van der Waals surface area contributed by atoms with Crippen molar-refractivity contribution in [1.29, 1.82) is 0 Å². The zero-order valence-electron chi connectivity index (χ0n) is 15.3. The molecule has 2 atom stereocenters. The summed E-state index contributed by atoms with van der Waals surface area (Å²) in [5, 5.41) is 17.4. The monoisotopic (exact) mass is 347 g/mol. The number of rotatable bonds is 4. The van der Waals surface area contributed by atoms with Gasteiger partial charge in [0.1, 0.15) is 0 Å². The van der Waals surface area contributed by atoms with E-state index >= 15 is 0 Å². The first kappa shape index (κ1) is 16.4. The molecule has 5 aliphatic carbocycles. The molecule has 2 amide bonds. The van der Waals surface area contributed by atoms with Crippen LogP contribution in [0.2, 0.25) is 0 Å². The second kappa shape index (κ2) is 5.85. The molecule has 0 radical (unpaired) electrons. The number of nitrogens with one attached hydrogen (secondary N) is 2. The summed E-state index contributed by atoms with van der Waals surface area (Å²) in [6.07, 6.45) is 11.0. The predicted octanol–water partition coefficient (Wildman–Crippen LogP) is 2.24. The van der Waals surface area contributed by atoms with Gasteiger partial charge in [-0.1, -0.05) is 0 Å². The highest BCUT2D eigenvalue weighted by Gasteiger charge is 2.57. The van der Waals surface area contributed by atoms with Crippen LogP contribution in [0.1, 0.15) is 64.2 Å². The third-order valence-electron chi connectivity index (χ3n) is 7.55. The predicted molar refractivity (Wildman–Crippen MR) is 96.2 cm³/mol.